The number of aromatic nitrogens is 6. The average Bonchev–Trinajstić information content (AvgIpc) is 3.33. The number of pyridine rings is 1. The van der Waals surface area contributed by atoms with Crippen molar-refractivity contribution in [2.24, 2.45) is 5.92 Å². The van der Waals surface area contributed by atoms with Crippen molar-refractivity contribution in [2.45, 2.75) is 39.8 Å². The SMILES string of the molecule is CC(C)C(C)NC(=O)c1n[nH]c2c1CCN(C(=O)c1cccc3nnnn13)C2. The third-order valence-electron chi connectivity index (χ3n) is 5.23. The van der Waals surface area contributed by atoms with Crippen LogP contribution in [0.3, 0.4) is 0 Å². The van der Waals surface area contributed by atoms with Crippen molar-refractivity contribution in [1.82, 2.24) is 40.5 Å². The fourth-order valence-corrected chi connectivity index (χ4v) is 3.21. The first kappa shape index (κ1) is 18.1. The Hall–Kier alpha value is -3.30. The van der Waals surface area contributed by atoms with Crippen LogP contribution in [0.5, 0.6) is 0 Å². The molecule has 1 aliphatic rings. The predicted molar refractivity (Wildman–Crippen MR) is 99.6 cm³/mol. The molecule has 4 rings (SSSR count). The fourth-order valence-electron chi connectivity index (χ4n) is 3.21. The number of amides is 2. The summed E-state index contributed by atoms with van der Waals surface area (Å²) in [5.74, 6) is -0.0182. The van der Waals surface area contributed by atoms with E-state index in [4.69, 9.17) is 0 Å². The highest BCUT2D eigenvalue weighted by Gasteiger charge is 2.29. The molecule has 3 aromatic rings. The molecular formula is C18H22N8O2. The van der Waals surface area contributed by atoms with Crippen molar-refractivity contribution < 1.29 is 9.59 Å². The van der Waals surface area contributed by atoms with Gasteiger partial charge < -0.3 is 10.2 Å². The lowest BCUT2D eigenvalue weighted by Gasteiger charge is -2.27. The normalized spacial score (nSPS) is 14.9. The zero-order valence-electron chi connectivity index (χ0n) is 16.0. The molecule has 10 heteroatoms. The monoisotopic (exact) mass is 382 g/mol. The lowest BCUT2D eigenvalue weighted by atomic mass is 10.0. The summed E-state index contributed by atoms with van der Waals surface area (Å²) in [5, 5.41) is 21.5. The largest absolute Gasteiger partial charge is 0.348 e. The molecule has 0 saturated carbocycles. The molecule has 28 heavy (non-hydrogen) atoms. The van der Waals surface area contributed by atoms with Crippen LogP contribution in [0.2, 0.25) is 0 Å². The van der Waals surface area contributed by atoms with Gasteiger partial charge in [-0.3, -0.25) is 14.7 Å². The highest BCUT2D eigenvalue weighted by Crippen LogP contribution is 2.22. The van der Waals surface area contributed by atoms with Gasteiger partial charge in [0, 0.05) is 18.2 Å². The molecule has 2 amide bonds. The average molecular weight is 382 g/mol. The van der Waals surface area contributed by atoms with Gasteiger partial charge in [0.1, 0.15) is 5.69 Å². The number of tetrazole rings is 1. The Morgan fingerprint density at radius 2 is 2.07 bits per heavy atom. The molecule has 10 nitrogen and oxygen atoms in total. The maximum absolute atomic E-state index is 13.0. The van der Waals surface area contributed by atoms with Crippen LogP contribution < -0.4 is 5.32 Å². The smallest absolute Gasteiger partial charge is 0.273 e. The van der Waals surface area contributed by atoms with Gasteiger partial charge in [0.15, 0.2) is 11.3 Å². The van der Waals surface area contributed by atoms with E-state index in [9.17, 15) is 9.59 Å². The van der Waals surface area contributed by atoms with Gasteiger partial charge in [0.05, 0.1) is 12.2 Å². The first-order valence-electron chi connectivity index (χ1n) is 9.29. The summed E-state index contributed by atoms with van der Waals surface area (Å²) in [6, 6.07) is 5.24. The second kappa shape index (κ2) is 7.02. The summed E-state index contributed by atoms with van der Waals surface area (Å²) in [6.45, 7) is 6.93. The van der Waals surface area contributed by atoms with Crippen LogP contribution in [0.1, 0.15) is 53.0 Å². The van der Waals surface area contributed by atoms with E-state index in [2.05, 4.69) is 44.9 Å². The minimum absolute atomic E-state index is 0.0540. The van der Waals surface area contributed by atoms with Gasteiger partial charge in [-0.15, -0.1) is 5.10 Å². The van der Waals surface area contributed by atoms with Gasteiger partial charge in [0.2, 0.25) is 0 Å². The van der Waals surface area contributed by atoms with Gasteiger partial charge in [0.25, 0.3) is 11.8 Å². The number of hydrogen-bond acceptors (Lipinski definition) is 6. The van der Waals surface area contributed by atoms with Gasteiger partial charge in [-0.1, -0.05) is 19.9 Å². The van der Waals surface area contributed by atoms with E-state index >= 15 is 0 Å². The highest BCUT2D eigenvalue weighted by molar-refractivity contribution is 5.95. The molecule has 0 aliphatic carbocycles. The lowest BCUT2D eigenvalue weighted by Crippen LogP contribution is -2.39. The van der Waals surface area contributed by atoms with Crippen molar-refractivity contribution in [1.29, 1.82) is 0 Å². The molecule has 4 heterocycles. The first-order chi connectivity index (χ1) is 13.5. The van der Waals surface area contributed by atoms with E-state index in [-0.39, 0.29) is 17.9 Å². The summed E-state index contributed by atoms with van der Waals surface area (Å²) in [4.78, 5) is 27.2. The van der Waals surface area contributed by atoms with Crippen LogP contribution >= 0.6 is 0 Å². The van der Waals surface area contributed by atoms with E-state index < -0.39 is 0 Å². The highest BCUT2D eigenvalue weighted by atomic mass is 16.2. The van der Waals surface area contributed by atoms with E-state index in [1.807, 2.05) is 6.92 Å². The Morgan fingerprint density at radius 3 is 2.86 bits per heavy atom. The molecule has 146 valence electrons. The zero-order chi connectivity index (χ0) is 19.8. The van der Waals surface area contributed by atoms with Crippen molar-refractivity contribution in [3.8, 4) is 0 Å². The summed E-state index contributed by atoms with van der Waals surface area (Å²) >= 11 is 0. The van der Waals surface area contributed by atoms with E-state index in [1.165, 1.54) is 4.52 Å². The third kappa shape index (κ3) is 3.10. The number of carbonyl (C=O) groups is 2. The minimum Gasteiger partial charge on any atom is -0.348 e. The number of H-pyrrole nitrogens is 1. The topological polar surface area (TPSA) is 121 Å². The van der Waals surface area contributed by atoms with Crippen molar-refractivity contribution >= 4 is 17.5 Å². The Kier molecular flexibility index (Phi) is 4.54. The lowest BCUT2D eigenvalue weighted by molar-refractivity contribution is 0.0723. The Balaban J connectivity index is 1.53. The van der Waals surface area contributed by atoms with Crippen molar-refractivity contribution in [3.05, 3.63) is 40.8 Å². The van der Waals surface area contributed by atoms with Gasteiger partial charge >= 0.3 is 0 Å². The molecule has 0 spiro atoms. The predicted octanol–water partition coefficient (Wildman–Crippen LogP) is 0.820. The number of aromatic amines is 1. The Bertz CT molecular complexity index is 1040. The maximum atomic E-state index is 13.0. The van der Waals surface area contributed by atoms with Gasteiger partial charge in [-0.25, -0.2) is 0 Å². The summed E-state index contributed by atoms with van der Waals surface area (Å²) in [5.41, 5.74) is 2.98. The molecule has 1 aliphatic heterocycles. The molecule has 0 saturated heterocycles. The number of nitrogens with zero attached hydrogens (tertiary/aromatic N) is 6. The second-order valence-corrected chi connectivity index (χ2v) is 7.37. The van der Waals surface area contributed by atoms with E-state index in [1.54, 1.807) is 23.1 Å². The molecule has 0 radical (unpaired) electrons. The molecular weight excluding hydrogens is 360 g/mol. The second-order valence-electron chi connectivity index (χ2n) is 7.37. The van der Waals surface area contributed by atoms with Crippen molar-refractivity contribution in [2.75, 3.05) is 6.54 Å². The number of nitrogens with one attached hydrogen (secondary N) is 2. The number of rotatable bonds is 4. The van der Waals surface area contributed by atoms with E-state index in [0.717, 1.165) is 11.3 Å². The van der Waals surface area contributed by atoms with Gasteiger partial charge in [-0.05, 0) is 41.8 Å². The summed E-state index contributed by atoms with van der Waals surface area (Å²) in [6.07, 6.45) is 0.558. The standard InChI is InChI=1S/C18H22N8O2/c1-10(2)11(3)19-17(27)16-12-7-8-25(9-13(12)20-22-16)18(28)14-5-4-6-15-21-23-24-26(14)15/h4-6,10-11H,7-9H2,1-3H3,(H,19,27)(H,20,22). The summed E-state index contributed by atoms with van der Waals surface area (Å²) < 4.78 is 1.43. The molecule has 0 fully saturated rings. The van der Waals surface area contributed by atoms with Crippen LogP contribution in [-0.2, 0) is 13.0 Å². The van der Waals surface area contributed by atoms with Crippen LogP contribution in [-0.4, -0.2) is 59.5 Å². The van der Waals surface area contributed by atoms with Crippen LogP contribution in [0.25, 0.3) is 5.65 Å². The molecule has 2 N–H and O–H groups in total. The van der Waals surface area contributed by atoms with Crippen LogP contribution in [0.4, 0.5) is 0 Å². The number of carbonyl (C=O) groups excluding carboxylic acids is 2. The first-order valence-corrected chi connectivity index (χ1v) is 9.29. The van der Waals surface area contributed by atoms with E-state index in [0.29, 0.717) is 42.5 Å². The number of hydrogen-bond donors (Lipinski definition) is 2. The van der Waals surface area contributed by atoms with Crippen LogP contribution in [0, 0.1) is 5.92 Å². The van der Waals surface area contributed by atoms with Crippen LogP contribution in [0.15, 0.2) is 18.2 Å². The minimum atomic E-state index is -0.183. The summed E-state index contributed by atoms with van der Waals surface area (Å²) in [7, 11) is 0. The Morgan fingerprint density at radius 1 is 1.25 bits per heavy atom. The quantitative estimate of drug-likeness (QED) is 0.689. The Labute approximate surface area is 161 Å². The molecule has 0 aromatic carbocycles. The van der Waals surface area contributed by atoms with Crippen molar-refractivity contribution in [3.63, 3.8) is 0 Å². The third-order valence-corrected chi connectivity index (χ3v) is 5.23. The number of fused-ring (bicyclic) bond motifs is 2. The molecule has 1 atom stereocenters. The van der Waals surface area contributed by atoms with Gasteiger partial charge in [-0.2, -0.15) is 9.61 Å². The zero-order valence-corrected chi connectivity index (χ0v) is 16.0. The molecule has 0 bridgehead atoms. The molecule has 3 aromatic heterocycles. The maximum Gasteiger partial charge on any atom is 0.273 e. The molecule has 1 unspecified atom stereocenters. The fraction of sp³-hybridized carbons (Fsp3) is 0.444.